The molecule has 1 atom stereocenters. The second-order valence-corrected chi connectivity index (χ2v) is 6.33. The van der Waals surface area contributed by atoms with Gasteiger partial charge in [0.05, 0.1) is 0 Å². The highest BCUT2D eigenvalue weighted by Crippen LogP contribution is 2.28. The lowest BCUT2D eigenvalue weighted by Crippen LogP contribution is -2.40. The fourth-order valence-corrected chi connectivity index (χ4v) is 2.09. The van der Waals surface area contributed by atoms with Gasteiger partial charge in [-0.1, -0.05) is 27.7 Å². The van der Waals surface area contributed by atoms with E-state index in [9.17, 15) is 0 Å². The van der Waals surface area contributed by atoms with Gasteiger partial charge >= 0.3 is 0 Å². The summed E-state index contributed by atoms with van der Waals surface area (Å²) in [6.45, 7) is 13.2. The van der Waals surface area contributed by atoms with Gasteiger partial charge in [-0.15, -0.1) is 0 Å². The summed E-state index contributed by atoms with van der Waals surface area (Å²) in [7, 11) is 2.18. The topological polar surface area (TPSA) is 28.2 Å². The first-order chi connectivity index (χ1) is 8.88. The Hall–Kier alpha value is -1.09. The fraction of sp³-hybridized carbons (Fsp3) is 0.688. The molecule has 0 aliphatic rings. The number of hydrogen-bond acceptors (Lipinski definition) is 3. The molecule has 0 bridgehead atoms. The molecule has 1 aromatic heterocycles. The molecule has 108 valence electrons. The van der Waals surface area contributed by atoms with Crippen LogP contribution in [0.2, 0.25) is 0 Å². The Morgan fingerprint density at radius 2 is 2.05 bits per heavy atom. The average molecular weight is 263 g/mol. The largest absolute Gasteiger partial charge is 0.371 e. The van der Waals surface area contributed by atoms with Gasteiger partial charge in [-0.2, -0.15) is 0 Å². The monoisotopic (exact) mass is 263 g/mol. The average Bonchev–Trinajstić information content (AvgIpc) is 2.37. The van der Waals surface area contributed by atoms with E-state index in [0.717, 1.165) is 19.5 Å². The van der Waals surface area contributed by atoms with E-state index in [1.54, 1.807) is 0 Å². The molecule has 0 fully saturated rings. The van der Waals surface area contributed by atoms with E-state index in [2.05, 4.69) is 62.9 Å². The van der Waals surface area contributed by atoms with Crippen LogP contribution in [-0.2, 0) is 6.54 Å². The number of aromatic nitrogens is 1. The lowest BCUT2D eigenvalue weighted by atomic mass is 9.87. The normalized spacial score (nSPS) is 13.4. The predicted molar refractivity (Wildman–Crippen MR) is 83.6 cm³/mol. The highest BCUT2D eigenvalue weighted by Gasteiger charge is 2.25. The maximum Gasteiger partial charge on any atom is 0.0442 e. The van der Waals surface area contributed by atoms with Crippen molar-refractivity contribution in [3.8, 4) is 0 Å². The van der Waals surface area contributed by atoms with Crippen LogP contribution in [0.4, 0.5) is 5.69 Å². The van der Waals surface area contributed by atoms with Crippen molar-refractivity contribution in [2.75, 3.05) is 18.5 Å². The molecule has 1 unspecified atom stereocenters. The minimum Gasteiger partial charge on any atom is -0.371 e. The van der Waals surface area contributed by atoms with E-state index >= 15 is 0 Å². The van der Waals surface area contributed by atoms with Crippen molar-refractivity contribution in [3.05, 3.63) is 24.0 Å². The van der Waals surface area contributed by atoms with Crippen molar-refractivity contribution < 1.29 is 0 Å². The second-order valence-electron chi connectivity index (χ2n) is 6.33. The molecule has 0 radical (unpaired) electrons. The highest BCUT2D eigenvalue weighted by molar-refractivity contribution is 5.52. The summed E-state index contributed by atoms with van der Waals surface area (Å²) in [6.07, 6.45) is 5.01. The fourth-order valence-electron chi connectivity index (χ4n) is 2.09. The van der Waals surface area contributed by atoms with E-state index in [1.807, 2.05) is 12.4 Å². The molecule has 1 heterocycles. The summed E-state index contributed by atoms with van der Waals surface area (Å²) in [4.78, 5) is 6.63. The summed E-state index contributed by atoms with van der Waals surface area (Å²) in [6, 6.07) is 2.59. The Labute approximate surface area is 118 Å². The standard InChI is InChI=1S/C16H29N3/c1-7-9-17-11-14-12-18-10-8-15(14)19(6)13(2)16(3,4)5/h8,10,12-13,17H,7,9,11H2,1-6H3. The van der Waals surface area contributed by atoms with Crippen LogP contribution in [0.3, 0.4) is 0 Å². The van der Waals surface area contributed by atoms with Crippen LogP contribution in [0, 0.1) is 5.41 Å². The Balaban J connectivity index is 2.87. The van der Waals surface area contributed by atoms with E-state index in [4.69, 9.17) is 0 Å². The van der Waals surface area contributed by atoms with Crippen LogP contribution < -0.4 is 10.2 Å². The first-order valence-corrected chi connectivity index (χ1v) is 7.24. The molecule has 0 spiro atoms. The Morgan fingerprint density at radius 1 is 1.37 bits per heavy atom. The molecule has 0 aromatic carbocycles. The zero-order valence-corrected chi connectivity index (χ0v) is 13.3. The van der Waals surface area contributed by atoms with E-state index < -0.39 is 0 Å². The van der Waals surface area contributed by atoms with Gasteiger partial charge in [0, 0.05) is 43.3 Å². The molecular formula is C16H29N3. The molecule has 1 N–H and O–H groups in total. The first kappa shape index (κ1) is 16.0. The molecule has 3 heteroatoms. The predicted octanol–water partition coefficient (Wildman–Crippen LogP) is 3.45. The van der Waals surface area contributed by atoms with E-state index in [1.165, 1.54) is 11.3 Å². The number of nitrogens with zero attached hydrogens (tertiary/aromatic N) is 2. The van der Waals surface area contributed by atoms with Gasteiger partial charge in [-0.05, 0) is 31.4 Å². The Kier molecular flexibility index (Phi) is 5.80. The Bertz CT molecular complexity index is 382. The number of hydrogen-bond donors (Lipinski definition) is 1. The number of pyridine rings is 1. The first-order valence-electron chi connectivity index (χ1n) is 7.24. The van der Waals surface area contributed by atoms with Gasteiger partial charge in [0.2, 0.25) is 0 Å². The summed E-state index contributed by atoms with van der Waals surface area (Å²) in [5.74, 6) is 0. The van der Waals surface area contributed by atoms with Crippen LogP contribution in [-0.4, -0.2) is 24.6 Å². The maximum atomic E-state index is 4.26. The summed E-state index contributed by atoms with van der Waals surface area (Å²) >= 11 is 0. The smallest absolute Gasteiger partial charge is 0.0442 e. The third-order valence-electron chi connectivity index (χ3n) is 3.83. The van der Waals surface area contributed by atoms with Crippen LogP contribution in [0.15, 0.2) is 18.5 Å². The quantitative estimate of drug-likeness (QED) is 0.797. The molecule has 0 saturated heterocycles. The van der Waals surface area contributed by atoms with Gasteiger partial charge in [0.1, 0.15) is 0 Å². The Morgan fingerprint density at radius 3 is 2.63 bits per heavy atom. The van der Waals surface area contributed by atoms with Gasteiger partial charge < -0.3 is 10.2 Å². The van der Waals surface area contributed by atoms with Crippen molar-refractivity contribution in [2.45, 2.75) is 53.6 Å². The summed E-state index contributed by atoms with van der Waals surface area (Å²) in [5.41, 5.74) is 2.81. The molecule has 0 saturated carbocycles. The molecule has 0 aliphatic heterocycles. The minimum absolute atomic E-state index is 0.256. The van der Waals surface area contributed by atoms with Gasteiger partial charge in [0.25, 0.3) is 0 Å². The number of rotatable bonds is 6. The van der Waals surface area contributed by atoms with Crippen LogP contribution >= 0.6 is 0 Å². The van der Waals surface area contributed by atoms with Crippen LogP contribution in [0.1, 0.15) is 46.6 Å². The zero-order chi connectivity index (χ0) is 14.5. The van der Waals surface area contributed by atoms with Gasteiger partial charge in [-0.3, -0.25) is 4.98 Å². The van der Waals surface area contributed by atoms with Crippen molar-refractivity contribution in [3.63, 3.8) is 0 Å². The van der Waals surface area contributed by atoms with Crippen molar-refractivity contribution in [1.82, 2.24) is 10.3 Å². The third-order valence-corrected chi connectivity index (χ3v) is 3.83. The molecule has 0 aliphatic carbocycles. The second kappa shape index (κ2) is 6.90. The number of nitrogens with one attached hydrogen (secondary N) is 1. The van der Waals surface area contributed by atoms with Gasteiger partial charge in [-0.25, -0.2) is 0 Å². The molecule has 1 aromatic rings. The minimum atomic E-state index is 0.256. The molecule has 3 nitrogen and oxygen atoms in total. The lowest BCUT2D eigenvalue weighted by Gasteiger charge is -2.37. The zero-order valence-electron chi connectivity index (χ0n) is 13.3. The van der Waals surface area contributed by atoms with Crippen molar-refractivity contribution >= 4 is 5.69 Å². The maximum absolute atomic E-state index is 4.26. The van der Waals surface area contributed by atoms with E-state index in [0.29, 0.717) is 6.04 Å². The summed E-state index contributed by atoms with van der Waals surface area (Å²) < 4.78 is 0. The molecule has 19 heavy (non-hydrogen) atoms. The van der Waals surface area contributed by atoms with Crippen molar-refractivity contribution in [1.29, 1.82) is 0 Å². The number of anilines is 1. The SMILES string of the molecule is CCCNCc1cnccc1N(C)C(C)C(C)(C)C. The van der Waals surface area contributed by atoms with Crippen LogP contribution in [0.5, 0.6) is 0 Å². The highest BCUT2D eigenvalue weighted by atomic mass is 15.1. The van der Waals surface area contributed by atoms with Crippen LogP contribution in [0.25, 0.3) is 0 Å². The lowest BCUT2D eigenvalue weighted by molar-refractivity contribution is 0.329. The van der Waals surface area contributed by atoms with E-state index in [-0.39, 0.29) is 5.41 Å². The molecule has 0 amide bonds. The third kappa shape index (κ3) is 4.50. The van der Waals surface area contributed by atoms with Crippen molar-refractivity contribution in [2.24, 2.45) is 5.41 Å². The molecular weight excluding hydrogens is 234 g/mol. The molecule has 1 rings (SSSR count). The van der Waals surface area contributed by atoms with Gasteiger partial charge in [0.15, 0.2) is 0 Å². The summed E-state index contributed by atoms with van der Waals surface area (Å²) in [5, 5.41) is 3.46.